The molecule has 0 radical (unpaired) electrons. The van der Waals surface area contributed by atoms with Gasteiger partial charge in [0.05, 0.1) is 34.5 Å². The molecule has 1 amide bonds. The van der Waals surface area contributed by atoms with Crippen LogP contribution in [0.25, 0.3) is 21.3 Å². The van der Waals surface area contributed by atoms with Crippen molar-refractivity contribution in [2.75, 3.05) is 5.32 Å². The number of carbonyl (C=O) groups excluding carboxylic acids is 1. The third kappa shape index (κ3) is 4.22. The second-order valence-corrected chi connectivity index (χ2v) is 10.3. The van der Waals surface area contributed by atoms with E-state index >= 15 is 0 Å². The van der Waals surface area contributed by atoms with Crippen molar-refractivity contribution in [2.45, 2.75) is 51.7 Å². The van der Waals surface area contributed by atoms with E-state index in [-0.39, 0.29) is 22.8 Å². The normalized spacial score (nSPS) is 12.7. The van der Waals surface area contributed by atoms with E-state index in [9.17, 15) is 9.59 Å². The molecule has 162 valence electrons. The first-order valence-corrected chi connectivity index (χ1v) is 11.9. The van der Waals surface area contributed by atoms with Crippen molar-refractivity contribution in [3.63, 3.8) is 0 Å². The highest BCUT2D eigenvalue weighted by molar-refractivity contribution is 7.99. The molecule has 4 heterocycles. The Morgan fingerprint density at radius 2 is 2.06 bits per heavy atom. The van der Waals surface area contributed by atoms with Gasteiger partial charge in [-0.1, -0.05) is 0 Å². The number of fused-ring (bicyclic) bond motifs is 2. The molecule has 4 aromatic rings. The highest BCUT2D eigenvalue weighted by Crippen LogP contribution is 2.27. The molecule has 10 heteroatoms. The number of pyridine rings is 1. The zero-order valence-corrected chi connectivity index (χ0v) is 19.6. The number of amides is 1. The second-order valence-electron chi connectivity index (χ2n) is 7.74. The van der Waals surface area contributed by atoms with Gasteiger partial charge < -0.3 is 10.3 Å². The lowest BCUT2D eigenvalue weighted by atomic mass is 10.2. The monoisotopic (exact) mass is 456 g/mol. The van der Waals surface area contributed by atoms with Crippen molar-refractivity contribution in [3.8, 4) is 0 Å². The first kappa shape index (κ1) is 21.5. The number of hydrogen-bond donors (Lipinski definition) is 2. The number of rotatable bonds is 6. The third-order valence-electron chi connectivity index (χ3n) is 5.12. The van der Waals surface area contributed by atoms with Crippen molar-refractivity contribution < 1.29 is 4.79 Å². The molecule has 8 nitrogen and oxygen atoms in total. The van der Waals surface area contributed by atoms with Crippen LogP contribution in [0, 0.1) is 13.8 Å². The first-order chi connectivity index (χ1) is 14.7. The fourth-order valence-electron chi connectivity index (χ4n) is 3.28. The predicted octanol–water partition coefficient (Wildman–Crippen LogP) is 4.19. The van der Waals surface area contributed by atoms with Crippen LogP contribution >= 0.6 is 23.1 Å². The summed E-state index contributed by atoms with van der Waals surface area (Å²) >= 11 is 2.94. The summed E-state index contributed by atoms with van der Waals surface area (Å²) in [5.74, 6) is 0.884. The van der Waals surface area contributed by atoms with Gasteiger partial charge in [-0.15, -0.1) is 23.1 Å². The van der Waals surface area contributed by atoms with E-state index in [0.29, 0.717) is 22.7 Å². The summed E-state index contributed by atoms with van der Waals surface area (Å²) in [6.45, 7) is 9.85. The molecule has 2 N–H and O–H groups in total. The number of thiophene rings is 1. The molecular formula is C21H24N6O2S2. The summed E-state index contributed by atoms with van der Waals surface area (Å²) in [7, 11) is 0. The van der Waals surface area contributed by atoms with Crippen LogP contribution in [0.2, 0.25) is 0 Å². The minimum atomic E-state index is -0.332. The molecule has 0 unspecified atom stereocenters. The van der Waals surface area contributed by atoms with Gasteiger partial charge in [0.25, 0.3) is 5.56 Å². The van der Waals surface area contributed by atoms with E-state index in [2.05, 4.69) is 25.4 Å². The number of aromatic amines is 1. The lowest BCUT2D eigenvalue weighted by Crippen LogP contribution is -2.23. The SMILES string of the molecule is Cc1sc2nc(CS[C@H](C)C(=O)Nc3cnc4c(cnn4C(C)C)c3)[nH]c(=O)c2c1C. The molecule has 0 fully saturated rings. The first-order valence-electron chi connectivity index (χ1n) is 9.99. The van der Waals surface area contributed by atoms with Crippen LogP contribution in [0.3, 0.4) is 0 Å². The van der Waals surface area contributed by atoms with E-state index in [1.165, 1.54) is 23.1 Å². The second kappa shape index (κ2) is 8.43. The summed E-state index contributed by atoms with van der Waals surface area (Å²) in [6.07, 6.45) is 3.40. The standard InChI is InChI=1S/C21H24N6O2S2/c1-10(2)27-18-14(7-23-27)6-15(8-22-18)24-19(28)13(5)30-9-16-25-20(29)17-11(3)12(4)31-21(17)26-16/h6-8,10,13H,9H2,1-5H3,(H,24,28)(H,25,26,29)/t13-/m1/s1. The van der Waals surface area contributed by atoms with Crippen molar-refractivity contribution in [1.29, 1.82) is 0 Å². The number of nitrogens with one attached hydrogen (secondary N) is 2. The topological polar surface area (TPSA) is 106 Å². The molecule has 0 saturated carbocycles. The number of thioether (sulfide) groups is 1. The number of carbonyl (C=O) groups is 1. The highest BCUT2D eigenvalue weighted by Gasteiger charge is 2.17. The average Bonchev–Trinajstić information content (AvgIpc) is 3.26. The molecule has 0 aliphatic heterocycles. The van der Waals surface area contributed by atoms with Crippen molar-refractivity contribution >= 4 is 55.9 Å². The number of hydrogen-bond acceptors (Lipinski definition) is 7. The van der Waals surface area contributed by atoms with Gasteiger partial charge in [-0.3, -0.25) is 9.59 Å². The van der Waals surface area contributed by atoms with Gasteiger partial charge in [0, 0.05) is 16.3 Å². The Labute approximate surface area is 187 Å². The zero-order valence-electron chi connectivity index (χ0n) is 18.0. The molecule has 0 saturated heterocycles. The molecule has 31 heavy (non-hydrogen) atoms. The number of H-pyrrole nitrogens is 1. The maximum Gasteiger partial charge on any atom is 0.259 e. The van der Waals surface area contributed by atoms with Crippen LogP contribution in [0.15, 0.2) is 23.3 Å². The molecule has 4 aromatic heterocycles. The maximum atomic E-state index is 12.6. The van der Waals surface area contributed by atoms with E-state index in [1.807, 2.05) is 45.4 Å². The number of aromatic nitrogens is 5. The number of nitrogens with zero attached hydrogens (tertiary/aromatic N) is 4. The van der Waals surface area contributed by atoms with Gasteiger partial charge >= 0.3 is 0 Å². The van der Waals surface area contributed by atoms with Crippen LogP contribution in [-0.2, 0) is 10.5 Å². The Balaban J connectivity index is 1.42. The Hall–Kier alpha value is -2.72. The fraction of sp³-hybridized carbons (Fsp3) is 0.381. The van der Waals surface area contributed by atoms with Crippen LogP contribution in [-0.4, -0.2) is 35.9 Å². The molecule has 0 spiro atoms. The van der Waals surface area contributed by atoms with Crippen LogP contribution in [0.1, 0.15) is 43.1 Å². The Kier molecular flexibility index (Phi) is 5.85. The van der Waals surface area contributed by atoms with Gasteiger partial charge in [0.2, 0.25) is 5.91 Å². The Morgan fingerprint density at radius 3 is 2.81 bits per heavy atom. The molecule has 0 bridgehead atoms. The number of anilines is 1. The molecule has 1 atom stereocenters. The van der Waals surface area contributed by atoms with Crippen molar-refractivity contribution in [1.82, 2.24) is 24.7 Å². The Bertz CT molecular complexity index is 1340. The lowest BCUT2D eigenvalue weighted by Gasteiger charge is -2.12. The third-order valence-corrected chi connectivity index (χ3v) is 7.37. The van der Waals surface area contributed by atoms with Gasteiger partial charge in [-0.05, 0) is 46.2 Å². The molecular weight excluding hydrogens is 432 g/mol. The summed E-state index contributed by atoms with van der Waals surface area (Å²) in [6, 6.07) is 2.08. The van der Waals surface area contributed by atoms with Gasteiger partial charge in [-0.2, -0.15) is 5.10 Å². The van der Waals surface area contributed by atoms with Crippen molar-refractivity contribution in [3.05, 3.63) is 45.1 Å². The minimum absolute atomic E-state index is 0.124. The number of aryl methyl sites for hydroxylation is 2. The summed E-state index contributed by atoms with van der Waals surface area (Å²) in [5.41, 5.74) is 2.27. The fourth-order valence-corrected chi connectivity index (χ4v) is 5.08. The van der Waals surface area contributed by atoms with Gasteiger partial charge in [-0.25, -0.2) is 14.6 Å². The molecule has 0 aliphatic rings. The molecule has 0 aliphatic carbocycles. The van der Waals surface area contributed by atoms with Crippen LogP contribution < -0.4 is 10.9 Å². The smallest absolute Gasteiger partial charge is 0.259 e. The van der Waals surface area contributed by atoms with E-state index < -0.39 is 0 Å². The van der Waals surface area contributed by atoms with Crippen LogP contribution in [0.5, 0.6) is 0 Å². The summed E-state index contributed by atoms with van der Waals surface area (Å²) < 4.78 is 1.85. The lowest BCUT2D eigenvalue weighted by molar-refractivity contribution is -0.115. The van der Waals surface area contributed by atoms with Gasteiger partial charge in [0.1, 0.15) is 10.7 Å². The van der Waals surface area contributed by atoms with E-state index in [0.717, 1.165) is 26.3 Å². The van der Waals surface area contributed by atoms with Crippen LogP contribution in [0.4, 0.5) is 5.69 Å². The van der Waals surface area contributed by atoms with E-state index in [4.69, 9.17) is 0 Å². The predicted molar refractivity (Wildman–Crippen MR) is 127 cm³/mol. The molecule has 0 aromatic carbocycles. The quantitative estimate of drug-likeness (QED) is 0.451. The van der Waals surface area contributed by atoms with Crippen molar-refractivity contribution in [2.24, 2.45) is 0 Å². The molecule has 4 rings (SSSR count). The minimum Gasteiger partial charge on any atom is -0.324 e. The summed E-state index contributed by atoms with van der Waals surface area (Å²) in [4.78, 5) is 38.8. The largest absolute Gasteiger partial charge is 0.324 e. The Morgan fingerprint density at radius 1 is 1.29 bits per heavy atom. The zero-order chi connectivity index (χ0) is 22.3. The summed E-state index contributed by atoms with van der Waals surface area (Å²) in [5, 5.41) is 8.47. The highest BCUT2D eigenvalue weighted by atomic mass is 32.2. The average molecular weight is 457 g/mol. The van der Waals surface area contributed by atoms with E-state index in [1.54, 1.807) is 12.4 Å². The van der Waals surface area contributed by atoms with Gasteiger partial charge in [0.15, 0.2) is 5.65 Å². The maximum absolute atomic E-state index is 12.6.